The zero-order valence-electron chi connectivity index (χ0n) is 19.7. The second-order valence-electron chi connectivity index (χ2n) is 9.90. The summed E-state index contributed by atoms with van der Waals surface area (Å²) < 4.78 is 0. The first-order valence-electron chi connectivity index (χ1n) is 10.8. The molecule has 3 nitrogen and oxygen atoms in total. The fourth-order valence-electron chi connectivity index (χ4n) is 4.20. The second kappa shape index (κ2) is 8.30. The van der Waals surface area contributed by atoms with E-state index in [1.165, 1.54) is 5.56 Å². The summed E-state index contributed by atoms with van der Waals surface area (Å²) >= 11 is 0. The van der Waals surface area contributed by atoms with Crippen LogP contribution in [0, 0.1) is 27.7 Å². The van der Waals surface area contributed by atoms with Gasteiger partial charge in [0.2, 0.25) is 0 Å². The topological polar surface area (TPSA) is 60.7 Å². The van der Waals surface area contributed by atoms with Crippen molar-refractivity contribution >= 4 is 0 Å². The lowest BCUT2D eigenvalue weighted by Gasteiger charge is -2.23. The first-order valence-corrected chi connectivity index (χ1v) is 10.8. The molecule has 0 fully saturated rings. The zero-order valence-corrected chi connectivity index (χ0v) is 19.7. The fourth-order valence-corrected chi connectivity index (χ4v) is 4.20. The van der Waals surface area contributed by atoms with E-state index in [4.69, 9.17) is 0 Å². The third kappa shape index (κ3) is 4.87. The largest absolute Gasteiger partial charge is 0.507 e. The van der Waals surface area contributed by atoms with Gasteiger partial charge in [-0.3, -0.25) is 0 Å². The molecular weight excluding hydrogens is 384 g/mol. The van der Waals surface area contributed by atoms with Gasteiger partial charge in [-0.05, 0) is 83.2 Å². The highest BCUT2D eigenvalue weighted by Crippen LogP contribution is 2.35. The van der Waals surface area contributed by atoms with Gasteiger partial charge in [-0.25, -0.2) is 0 Å². The summed E-state index contributed by atoms with van der Waals surface area (Å²) in [6.45, 7) is 14.1. The standard InChI is InChI=1S/C28H34O3/c1-16-8-20(9-17(2)25(16)29)12-22-14-24(28(5,6)7)15-23(27(22)31)13-21-10-18(3)26(30)19(4)11-21/h8-11,14-15,29-31H,12-13H2,1-7H3. The number of hydrogen-bond donors (Lipinski definition) is 3. The van der Waals surface area contributed by atoms with Crippen molar-refractivity contribution < 1.29 is 15.3 Å². The lowest BCUT2D eigenvalue weighted by Crippen LogP contribution is -2.13. The molecular formula is C28H34O3. The number of aromatic hydroxyl groups is 3. The molecule has 3 aromatic carbocycles. The maximum atomic E-state index is 11.2. The Bertz CT molecular complexity index is 1010. The summed E-state index contributed by atoms with van der Waals surface area (Å²) in [7, 11) is 0. The summed E-state index contributed by atoms with van der Waals surface area (Å²) in [5, 5.41) is 31.4. The molecule has 0 atom stereocenters. The Balaban J connectivity index is 2.08. The van der Waals surface area contributed by atoms with Gasteiger partial charge in [0.15, 0.2) is 0 Å². The minimum Gasteiger partial charge on any atom is -0.507 e. The van der Waals surface area contributed by atoms with Crippen molar-refractivity contribution in [2.45, 2.75) is 66.7 Å². The van der Waals surface area contributed by atoms with E-state index in [1.807, 2.05) is 52.0 Å². The molecule has 3 aromatic rings. The van der Waals surface area contributed by atoms with Crippen LogP contribution in [-0.4, -0.2) is 15.3 Å². The van der Waals surface area contributed by atoms with E-state index in [9.17, 15) is 15.3 Å². The molecule has 0 unspecified atom stereocenters. The summed E-state index contributed by atoms with van der Waals surface area (Å²) in [6, 6.07) is 12.1. The number of rotatable bonds is 4. The molecule has 0 amide bonds. The van der Waals surface area contributed by atoms with Crippen molar-refractivity contribution in [1.82, 2.24) is 0 Å². The Morgan fingerprint density at radius 2 is 0.871 bits per heavy atom. The molecule has 0 saturated carbocycles. The molecule has 3 heteroatoms. The maximum absolute atomic E-state index is 11.2. The second-order valence-corrected chi connectivity index (χ2v) is 9.90. The van der Waals surface area contributed by atoms with Crippen LogP contribution in [0.1, 0.15) is 70.8 Å². The van der Waals surface area contributed by atoms with E-state index < -0.39 is 0 Å². The SMILES string of the molecule is Cc1cc(Cc2cc(C(C)(C)C)cc(Cc3cc(C)c(O)c(C)c3)c2O)cc(C)c1O. The van der Waals surface area contributed by atoms with E-state index in [1.54, 1.807) is 0 Å². The van der Waals surface area contributed by atoms with E-state index in [2.05, 4.69) is 32.9 Å². The summed E-state index contributed by atoms with van der Waals surface area (Å²) in [5.41, 5.74) is 8.40. The number of hydrogen-bond acceptors (Lipinski definition) is 3. The van der Waals surface area contributed by atoms with Crippen LogP contribution in [0.5, 0.6) is 17.2 Å². The average molecular weight is 419 g/mol. The van der Waals surface area contributed by atoms with Gasteiger partial charge in [0.25, 0.3) is 0 Å². The van der Waals surface area contributed by atoms with Gasteiger partial charge in [-0.1, -0.05) is 57.2 Å². The molecule has 0 saturated heterocycles. The van der Waals surface area contributed by atoms with Crippen molar-refractivity contribution in [2.75, 3.05) is 0 Å². The van der Waals surface area contributed by atoms with Crippen LogP contribution in [0.4, 0.5) is 0 Å². The highest BCUT2D eigenvalue weighted by Gasteiger charge is 2.20. The van der Waals surface area contributed by atoms with Crippen LogP contribution >= 0.6 is 0 Å². The van der Waals surface area contributed by atoms with E-state index in [0.717, 1.165) is 44.5 Å². The smallest absolute Gasteiger partial charge is 0.122 e. The predicted molar refractivity (Wildman–Crippen MR) is 128 cm³/mol. The van der Waals surface area contributed by atoms with Gasteiger partial charge in [-0.15, -0.1) is 0 Å². The summed E-state index contributed by atoms with van der Waals surface area (Å²) in [4.78, 5) is 0. The molecule has 0 aromatic heterocycles. The Morgan fingerprint density at radius 1 is 0.548 bits per heavy atom. The van der Waals surface area contributed by atoms with Crippen molar-refractivity contribution in [3.63, 3.8) is 0 Å². The van der Waals surface area contributed by atoms with Gasteiger partial charge >= 0.3 is 0 Å². The molecule has 3 rings (SSSR count). The minimum absolute atomic E-state index is 0.0568. The number of benzene rings is 3. The molecule has 0 aliphatic carbocycles. The normalized spacial score (nSPS) is 11.7. The summed E-state index contributed by atoms with van der Waals surface area (Å²) in [5.74, 6) is 0.977. The predicted octanol–water partition coefficient (Wildman–Crippen LogP) is 6.52. The first-order chi connectivity index (χ1) is 14.4. The summed E-state index contributed by atoms with van der Waals surface area (Å²) in [6.07, 6.45) is 1.19. The van der Waals surface area contributed by atoms with E-state index in [-0.39, 0.29) is 5.41 Å². The zero-order chi connectivity index (χ0) is 23.1. The van der Waals surface area contributed by atoms with Gasteiger partial charge in [0.1, 0.15) is 17.2 Å². The van der Waals surface area contributed by atoms with Crippen molar-refractivity contribution in [1.29, 1.82) is 0 Å². The van der Waals surface area contributed by atoms with Crippen LogP contribution in [0.15, 0.2) is 36.4 Å². The van der Waals surface area contributed by atoms with Gasteiger partial charge in [0.05, 0.1) is 0 Å². The molecule has 0 aliphatic heterocycles. The van der Waals surface area contributed by atoms with Gasteiger partial charge < -0.3 is 15.3 Å². The minimum atomic E-state index is -0.0568. The lowest BCUT2D eigenvalue weighted by molar-refractivity contribution is 0.461. The molecule has 0 aliphatic rings. The molecule has 164 valence electrons. The fraction of sp³-hybridized carbons (Fsp3) is 0.357. The highest BCUT2D eigenvalue weighted by molar-refractivity contribution is 5.52. The Morgan fingerprint density at radius 3 is 1.16 bits per heavy atom. The maximum Gasteiger partial charge on any atom is 0.122 e. The quantitative estimate of drug-likeness (QED) is 0.452. The molecule has 0 radical (unpaired) electrons. The van der Waals surface area contributed by atoms with Crippen molar-refractivity contribution in [3.8, 4) is 17.2 Å². The van der Waals surface area contributed by atoms with Crippen LogP contribution in [0.2, 0.25) is 0 Å². The molecule has 0 spiro atoms. The Hall–Kier alpha value is -2.94. The molecule has 3 N–H and O–H groups in total. The average Bonchev–Trinajstić information content (AvgIpc) is 2.66. The third-order valence-electron chi connectivity index (χ3n) is 6.02. The van der Waals surface area contributed by atoms with Crippen LogP contribution in [0.3, 0.4) is 0 Å². The van der Waals surface area contributed by atoms with Crippen LogP contribution < -0.4 is 0 Å². The highest BCUT2D eigenvalue weighted by atomic mass is 16.3. The van der Waals surface area contributed by atoms with E-state index in [0.29, 0.717) is 30.1 Å². The molecule has 0 heterocycles. The van der Waals surface area contributed by atoms with Gasteiger partial charge in [-0.2, -0.15) is 0 Å². The van der Waals surface area contributed by atoms with Gasteiger partial charge in [0, 0.05) is 12.8 Å². The number of phenolic OH excluding ortho intramolecular Hbond substituents is 3. The third-order valence-corrected chi connectivity index (χ3v) is 6.02. The molecule has 31 heavy (non-hydrogen) atoms. The number of aryl methyl sites for hydroxylation is 4. The lowest BCUT2D eigenvalue weighted by atomic mass is 9.83. The number of phenols is 3. The molecule has 0 bridgehead atoms. The van der Waals surface area contributed by atoms with Crippen molar-refractivity contribution in [3.05, 3.63) is 86.5 Å². The Kier molecular flexibility index (Phi) is 6.09. The van der Waals surface area contributed by atoms with E-state index >= 15 is 0 Å². The first kappa shape index (κ1) is 22.7. The van der Waals surface area contributed by atoms with Crippen molar-refractivity contribution in [2.24, 2.45) is 0 Å². The monoisotopic (exact) mass is 418 g/mol. The van der Waals surface area contributed by atoms with Crippen LogP contribution in [0.25, 0.3) is 0 Å². The Labute approximate surface area is 186 Å². The van der Waals surface area contributed by atoms with Crippen LogP contribution in [-0.2, 0) is 18.3 Å².